The van der Waals surface area contributed by atoms with Crippen LogP contribution in [-0.2, 0) is 23.7 Å². The van der Waals surface area contributed by atoms with Crippen LogP contribution in [0.3, 0.4) is 0 Å². The monoisotopic (exact) mass is 443 g/mol. The Morgan fingerprint density at radius 2 is 1.38 bits per heavy atom. The van der Waals surface area contributed by atoms with E-state index in [1.54, 1.807) is 7.05 Å². The Morgan fingerprint density at radius 1 is 0.844 bits per heavy atom. The van der Waals surface area contributed by atoms with Crippen molar-refractivity contribution in [2.45, 2.75) is 5.92 Å². The van der Waals surface area contributed by atoms with Gasteiger partial charge in [0.25, 0.3) is 0 Å². The molecule has 2 aromatic rings. The molecule has 0 radical (unpaired) electrons. The van der Waals surface area contributed by atoms with Gasteiger partial charge in [0.15, 0.2) is 0 Å². The van der Waals surface area contributed by atoms with Gasteiger partial charge in [-0.25, -0.2) is 9.59 Å². The first-order chi connectivity index (χ1) is 15.6. The number of benzene rings is 2. The number of carbonyl (C=O) groups excluding carboxylic acids is 1. The summed E-state index contributed by atoms with van der Waals surface area (Å²) in [6, 6.07) is 16.5. The number of hydrogen-bond acceptors (Lipinski definition) is 6. The molecule has 0 unspecified atom stereocenters. The molecule has 1 aliphatic carbocycles. The molecule has 1 aliphatic rings. The minimum absolute atomic E-state index is 0.0348. The largest absolute Gasteiger partial charge is 0.480 e. The highest BCUT2D eigenvalue weighted by molar-refractivity contribution is 5.79. The highest BCUT2D eigenvalue weighted by atomic mass is 16.6. The van der Waals surface area contributed by atoms with Gasteiger partial charge in [0.2, 0.25) is 0 Å². The smallest absolute Gasteiger partial charge is 0.409 e. The molecular weight excluding hydrogens is 414 g/mol. The van der Waals surface area contributed by atoms with Crippen LogP contribution in [0.25, 0.3) is 11.1 Å². The molecule has 0 spiro atoms. The molecule has 2 aromatic carbocycles. The highest BCUT2D eigenvalue weighted by Gasteiger charge is 2.29. The summed E-state index contributed by atoms with van der Waals surface area (Å²) in [5.41, 5.74) is 4.75. The fraction of sp³-hybridized carbons (Fsp3) is 0.417. The standard InChI is InChI=1S/C24H29NO7/c1-25(10-11-29-12-13-30-14-15-31-17-23(26)27)24(28)32-16-22-20-8-4-2-6-18(20)19-7-3-5-9-21(19)22/h2-9,22H,10-17H2,1H3,(H,26,27). The van der Waals surface area contributed by atoms with Gasteiger partial charge in [0.05, 0.1) is 33.0 Å². The molecule has 3 rings (SSSR count). The van der Waals surface area contributed by atoms with Crippen molar-refractivity contribution < 1.29 is 33.6 Å². The zero-order valence-corrected chi connectivity index (χ0v) is 18.2. The molecule has 0 saturated carbocycles. The molecule has 8 heteroatoms. The molecule has 0 bridgehead atoms. The summed E-state index contributed by atoms with van der Waals surface area (Å²) in [6.45, 7) is 1.98. The van der Waals surface area contributed by atoms with Crippen molar-refractivity contribution >= 4 is 12.1 Å². The lowest BCUT2D eigenvalue weighted by molar-refractivity contribution is -0.142. The summed E-state index contributed by atoms with van der Waals surface area (Å²) >= 11 is 0. The summed E-state index contributed by atoms with van der Waals surface area (Å²) in [5.74, 6) is -0.971. The van der Waals surface area contributed by atoms with Gasteiger partial charge in [-0.1, -0.05) is 48.5 Å². The molecule has 0 atom stereocenters. The lowest BCUT2D eigenvalue weighted by atomic mass is 9.98. The molecule has 0 aromatic heterocycles. The average Bonchev–Trinajstić information content (AvgIpc) is 3.12. The minimum atomic E-state index is -1.01. The number of rotatable bonds is 13. The Balaban J connectivity index is 1.32. The third-order valence-electron chi connectivity index (χ3n) is 5.19. The minimum Gasteiger partial charge on any atom is -0.480 e. The highest BCUT2D eigenvalue weighted by Crippen LogP contribution is 2.44. The maximum Gasteiger partial charge on any atom is 0.409 e. The number of nitrogens with zero attached hydrogens (tertiary/aromatic N) is 1. The summed E-state index contributed by atoms with van der Waals surface area (Å²) < 4.78 is 21.2. The number of hydrogen-bond donors (Lipinski definition) is 1. The lowest BCUT2D eigenvalue weighted by Gasteiger charge is -2.19. The van der Waals surface area contributed by atoms with E-state index < -0.39 is 5.97 Å². The van der Waals surface area contributed by atoms with Crippen LogP contribution in [0.2, 0.25) is 0 Å². The van der Waals surface area contributed by atoms with E-state index in [-0.39, 0.29) is 31.8 Å². The normalized spacial score (nSPS) is 12.3. The maximum absolute atomic E-state index is 12.4. The summed E-state index contributed by atoms with van der Waals surface area (Å²) in [7, 11) is 1.68. The van der Waals surface area contributed by atoms with Gasteiger partial charge in [-0.15, -0.1) is 0 Å². The maximum atomic E-state index is 12.4. The molecule has 0 aliphatic heterocycles. The summed E-state index contributed by atoms with van der Waals surface area (Å²) in [4.78, 5) is 24.2. The second-order valence-corrected chi connectivity index (χ2v) is 7.40. The van der Waals surface area contributed by atoms with Crippen LogP contribution in [-0.4, -0.2) is 81.9 Å². The summed E-state index contributed by atoms with van der Waals surface area (Å²) in [6.07, 6.45) is -0.387. The number of carbonyl (C=O) groups is 2. The lowest BCUT2D eigenvalue weighted by Crippen LogP contribution is -2.32. The zero-order chi connectivity index (χ0) is 22.8. The quantitative estimate of drug-likeness (QED) is 0.476. The molecular formula is C24H29NO7. The van der Waals surface area contributed by atoms with Crippen molar-refractivity contribution in [3.05, 3.63) is 59.7 Å². The van der Waals surface area contributed by atoms with E-state index in [9.17, 15) is 9.59 Å². The molecule has 1 N–H and O–H groups in total. The van der Waals surface area contributed by atoms with Crippen LogP contribution in [0.15, 0.2) is 48.5 Å². The average molecular weight is 443 g/mol. The van der Waals surface area contributed by atoms with Crippen LogP contribution < -0.4 is 0 Å². The first kappa shape index (κ1) is 23.7. The predicted octanol–water partition coefficient (Wildman–Crippen LogP) is 3.00. The molecule has 1 amide bonds. The van der Waals surface area contributed by atoms with Gasteiger partial charge in [0, 0.05) is 19.5 Å². The van der Waals surface area contributed by atoms with Gasteiger partial charge < -0.3 is 29.0 Å². The Kier molecular flexibility index (Phi) is 9.03. The van der Waals surface area contributed by atoms with E-state index in [0.717, 1.165) is 0 Å². The number of carboxylic acid groups (broad SMARTS) is 1. The predicted molar refractivity (Wildman–Crippen MR) is 118 cm³/mol. The van der Waals surface area contributed by atoms with Crippen LogP contribution in [0, 0.1) is 0 Å². The van der Waals surface area contributed by atoms with Gasteiger partial charge in [0.1, 0.15) is 13.2 Å². The van der Waals surface area contributed by atoms with Gasteiger partial charge >= 0.3 is 12.1 Å². The number of ether oxygens (including phenoxy) is 4. The van der Waals surface area contributed by atoms with E-state index in [2.05, 4.69) is 24.3 Å². The van der Waals surface area contributed by atoms with E-state index >= 15 is 0 Å². The van der Waals surface area contributed by atoms with Gasteiger partial charge in [-0.2, -0.15) is 0 Å². The van der Waals surface area contributed by atoms with Gasteiger partial charge in [-0.05, 0) is 22.3 Å². The second kappa shape index (κ2) is 12.2. The van der Waals surface area contributed by atoms with Crippen LogP contribution in [0.4, 0.5) is 4.79 Å². The first-order valence-electron chi connectivity index (χ1n) is 10.6. The number of fused-ring (bicyclic) bond motifs is 3. The van der Waals surface area contributed by atoms with Crippen molar-refractivity contribution in [3.63, 3.8) is 0 Å². The molecule has 0 saturated heterocycles. The van der Waals surface area contributed by atoms with Crippen molar-refractivity contribution in [3.8, 4) is 11.1 Å². The van der Waals surface area contributed by atoms with Gasteiger partial charge in [-0.3, -0.25) is 0 Å². The number of aliphatic carboxylic acids is 1. The third-order valence-corrected chi connectivity index (χ3v) is 5.19. The Hall–Kier alpha value is -2.94. The zero-order valence-electron chi connectivity index (χ0n) is 18.2. The molecule has 172 valence electrons. The molecule has 32 heavy (non-hydrogen) atoms. The third kappa shape index (κ3) is 6.53. The Morgan fingerprint density at radius 3 is 1.97 bits per heavy atom. The molecule has 8 nitrogen and oxygen atoms in total. The first-order valence-corrected chi connectivity index (χ1v) is 10.6. The van der Waals surface area contributed by atoms with E-state index in [4.69, 9.17) is 24.1 Å². The van der Waals surface area contributed by atoms with Crippen molar-refractivity contribution in [1.29, 1.82) is 0 Å². The number of carboxylic acids is 1. The topological polar surface area (TPSA) is 94.5 Å². The van der Waals surface area contributed by atoms with Crippen LogP contribution in [0.1, 0.15) is 17.0 Å². The SMILES string of the molecule is CN(CCOCCOCCOCC(=O)O)C(=O)OCC1c2ccccc2-c2ccccc21. The fourth-order valence-corrected chi connectivity index (χ4v) is 3.60. The Bertz CT molecular complexity index is 856. The van der Waals surface area contributed by atoms with Crippen molar-refractivity contribution in [1.82, 2.24) is 4.90 Å². The van der Waals surface area contributed by atoms with E-state index in [1.807, 2.05) is 24.3 Å². The van der Waals surface area contributed by atoms with Crippen molar-refractivity contribution in [2.75, 3.05) is 59.8 Å². The fourth-order valence-electron chi connectivity index (χ4n) is 3.60. The van der Waals surface area contributed by atoms with E-state index in [1.165, 1.54) is 27.2 Å². The van der Waals surface area contributed by atoms with E-state index in [0.29, 0.717) is 33.0 Å². The Labute approximate surface area is 187 Å². The number of likely N-dealkylation sites (N-methyl/N-ethyl adjacent to an activating group) is 1. The molecule has 0 fully saturated rings. The molecule has 0 heterocycles. The second-order valence-electron chi connectivity index (χ2n) is 7.40. The van der Waals surface area contributed by atoms with Crippen LogP contribution >= 0.6 is 0 Å². The summed E-state index contributed by atoms with van der Waals surface area (Å²) in [5, 5.41) is 8.44. The van der Waals surface area contributed by atoms with Crippen LogP contribution in [0.5, 0.6) is 0 Å². The van der Waals surface area contributed by atoms with Crippen molar-refractivity contribution in [2.24, 2.45) is 0 Å². The number of amides is 1.